The number of urea groups is 1. The number of likely N-dealkylation sites (tertiary alicyclic amines) is 1. The molecule has 1 aromatic carbocycles. The zero-order chi connectivity index (χ0) is 17.9. The third-order valence-corrected chi connectivity index (χ3v) is 5.88. The van der Waals surface area contributed by atoms with E-state index in [0.29, 0.717) is 19.5 Å². The van der Waals surface area contributed by atoms with Crippen LogP contribution < -0.4 is 11.1 Å². The molecule has 3 rings (SSSR count). The zero-order valence-electron chi connectivity index (χ0n) is 15.1. The molecule has 1 saturated carbocycles. The molecule has 0 bridgehead atoms. The number of carbonyl (C=O) groups excluding carboxylic acids is 2. The van der Waals surface area contributed by atoms with E-state index < -0.39 is 12.1 Å². The lowest BCUT2D eigenvalue weighted by atomic mass is 9.69. The first kappa shape index (κ1) is 17.8. The molecular formula is C20H29N3O2. The van der Waals surface area contributed by atoms with Crippen LogP contribution in [0.1, 0.15) is 56.1 Å². The number of primary amides is 1. The van der Waals surface area contributed by atoms with E-state index >= 15 is 0 Å². The number of nitrogens with one attached hydrogen (secondary N) is 1. The molecule has 0 unspecified atom stereocenters. The molecule has 3 N–H and O–H groups in total. The van der Waals surface area contributed by atoms with E-state index in [2.05, 4.69) is 36.5 Å². The first-order valence-corrected chi connectivity index (χ1v) is 9.43. The van der Waals surface area contributed by atoms with E-state index in [1.54, 1.807) is 0 Å². The van der Waals surface area contributed by atoms with Crippen molar-refractivity contribution < 1.29 is 9.59 Å². The normalized spacial score (nSPS) is 22.6. The van der Waals surface area contributed by atoms with Gasteiger partial charge >= 0.3 is 6.03 Å². The molecule has 1 aromatic rings. The predicted molar refractivity (Wildman–Crippen MR) is 98.3 cm³/mol. The molecular weight excluding hydrogens is 314 g/mol. The highest BCUT2D eigenvalue weighted by Gasteiger charge is 2.37. The maximum absolute atomic E-state index is 12.7. The van der Waals surface area contributed by atoms with Crippen LogP contribution in [0.25, 0.3) is 0 Å². The van der Waals surface area contributed by atoms with Crippen molar-refractivity contribution in [2.75, 3.05) is 13.1 Å². The Hall–Kier alpha value is -2.04. The van der Waals surface area contributed by atoms with E-state index in [0.717, 1.165) is 19.3 Å². The van der Waals surface area contributed by atoms with Gasteiger partial charge in [-0.15, -0.1) is 0 Å². The van der Waals surface area contributed by atoms with Gasteiger partial charge in [0.1, 0.15) is 6.04 Å². The van der Waals surface area contributed by atoms with Crippen molar-refractivity contribution in [2.45, 2.75) is 63.3 Å². The van der Waals surface area contributed by atoms with Gasteiger partial charge in [0.05, 0.1) is 0 Å². The Morgan fingerprint density at radius 3 is 2.68 bits per heavy atom. The average Bonchev–Trinajstić information content (AvgIpc) is 3.11. The number of amides is 3. The molecule has 1 heterocycles. The lowest BCUT2D eigenvalue weighted by molar-refractivity contribution is -0.125. The van der Waals surface area contributed by atoms with Crippen molar-refractivity contribution in [1.29, 1.82) is 0 Å². The first-order valence-electron chi connectivity index (χ1n) is 9.43. The second-order valence-electron chi connectivity index (χ2n) is 7.62. The van der Waals surface area contributed by atoms with Crippen LogP contribution in [0.2, 0.25) is 0 Å². The molecule has 0 radical (unpaired) electrons. The molecule has 1 atom stereocenters. The average molecular weight is 343 g/mol. The van der Waals surface area contributed by atoms with Gasteiger partial charge in [0.2, 0.25) is 5.91 Å². The second-order valence-corrected chi connectivity index (χ2v) is 7.62. The van der Waals surface area contributed by atoms with Gasteiger partial charge in [0.25, 0.3) is 0 Å². The van der Waals surface area contributed by atoms with E-state index in [9.17, 15) is 9.59 Å². The molecule has 1 saturated heterocycles. The standard InChI is InChI=1S/C20H29N3O2/c1-15-7-5-8-16(13-15)20(10-3-2-4-11-20)14-22-18(24)17-9-6-12-23(17)19(21)25/h5,7-8,13,17H,2-4,6,9-12,14H2,1H3,(H2,21,25)(H,22,24)/t17-/m0/s1. The fourth-order valence-electron chi connectivity index (χ4n) is 4.45. The summed E-state index contributed by atoms with van der Waals surface area (Å²) in [4.78, 5) is 25.7. The Labute approximate surface area is 150 Å². The van der Waals surface area contributed by atoms with Gasteiger partial charge in [0.15, 0.2) is 0 Å². The highest BCUT2D eigenvalue weighted by atomic mass is 16.2. The van der Waals surface area contributed by atoms with Gasteiger partial charge in [-0.3, -0.25) is 4.79 Å². The summed E-state index contributed by atoms with van der Waals surface area (Å²) in [6, 6.07) is 7.76. The van der Waals surface area contributed by atoms with Crippen LogP contribution in [0.4, 0.5) is 4.79 Å². The summed E-state index contributed by atoms with van der Waals surface area (Å²) < 4.78 is 0. The van der Waals surface area contributed by atoms with Crippen LogP contribution in [-0.2, 0) is 10.2 Å². The lowest BCUT2D eigenvalue weighted by Crippen LogP contribution is -2.51. The number of nitrogens with zero attached hydrogens (tertiary/aromatic N) is 1. The van der Waals surface area contributed by atoms with E-state index in [-0.39, 0.29) is 11.3 Å². The molecule has 1 aliphatic carbocycles. The Balaban J connectivity index is 1.73. The molecule has 3 amide bonds. The third kappa shape index (κ3) is 3.80. The maximum Gasteiger partial charge on any atom is 0.315 e. The highest BCUT2D eigenvalue weighted by Crippen LogP contribution is 2.39. The minimum absolute atomic E-state index is 0.0100. The topological polar surface area (TPSA) is 75.4 Å². The number of nitrogens with two attached hydrogens (primary N) is 1. The number of benzene rings is 1. The summed E-state index contributed by atoms with van der Waals surface area (Å²) in [6.07, 6.45) is 7.39. The molecule has 5 heteroatoms. The van der Waals surface area contributed by atoms with E-state index in [4.69, 9.17) is 5.73 Å². The van der Waals surface area contributed by atoms with Crippen molar-refractivity contribution in [3.05, 3.63) is 35.4 Å². The summed E-state index contributed by atoms with van der Waals surface area (Å²) >= 11 is 0. The molecule has 136 valence electrons. The van der Waals surface area contributed by atoms with Gasteiger partial charge in [-0.2, -0.15) is 0 Å². The number of carbonyl (C=O) groups is 2. The third-order valence-electron chi connectivity index (χ3n) is 5.88. The largest absolute Gasteiger partial charge is 0.353 e. The van der Waals surface area contributed by atoms with Gasteiger partial charge in [0, 0.05) is 18.5 Å². The van der Waals surface area contributed by atoms with Crippen LogP contribution in [-0.4, -0.2) is 36.0 Å². The zero-order valence-corrected chi connectivity index (χ0v) is 15.1. The summed E-state index contributed by atoms with van der Waals surface area (Å²) in [6.45, 7) is 3.33. The summed E-state index contributed by atoms with van der Waals surface area (Å²) in [5.74, 6) is -0.0612. The van der Waals surface area contributed by atoms with Crippen LogP contribution >= 0.6 is 0 Å². The van der Waals surface area contributed by atoms with E-state index in [1.807, 2.05) is 0 Å². The molecule has 2 fully saturated rings. The lowest BCUT2D eigenvalue weighted by Gasteiger charge is -2.38. The molecule has 25 heavy (non-hydrogen) atoms. The summed E-state index contributed by atoms with van der Waals surface area (Å²) in [5, 5.41) is 3.15. The number of hydrogen-bond donors (Lipinski definition) is 2. The van der Waals surface area contributed by atoms with Crippen molar-refractivity contribution in [3.63, 3.8) is 0 Å². The minimum Gasteiger partial charge on any atom is -0.353 e. The maximum atomic E-state index is 12.7. The van der Waals surface area contributed by atoms with Gasteiger partial charge < -0.3 is 16.0 Å². The Kier molecular flexibility index (Phi) is 5.30. The fourth-order valence-corrected chi connectivity index (χ4v) is 4.45. The number of hydrogen-bond acceptors (Lipinski definition) is 2. The first-order chi connectivity index (χ1) is 12.0. The van der Waals surface area contributed by atoms with Crippen molar-refractivity contribution >= 4 is 11.9 Å². The Bertz CT molecular complexity index is 638. The fraction of sp³-hybridized carbons (Fsp3) is 0.600. The van der Waals surface area contributed by atoms with Crippen molar-refractivity contribution in [2.24, 2.45) is 5.73 Å². The smallest absolute Gasteiger partial charge is 0.315 e. The predicted octanol–water partition coefficient (Wildman–Crippen LogP) is 2.86. The highest BCUT2D eigenvalue weighted by molar-refractivity contribution is 5.87. The Morgan fingerprint density at radius 1 is 1.24 bits per heavy atom. The number of aryl methyl sites for hydroxylation is 1. The van der Waals surface area contributed by atoms with E-state index in [1.165, 1.54) is 35.3 Å². The van der Waals surface area contributed by atoms with Crippen LogP contribution in [0.3, 0.4) is 0 Å². The number of rotatable bonds is 4. The van der Waals surface area contributed by atoms with Gasteiger partial charge in [-0.1, -0.05) is 49.1 Å². The molecule has 0 aromatic heterocycles. The van der Waals surface area contributed by atoms with Crippen LogP contribution in [0.5, 0.6) is 0 Å². The Morgan fingerprint density at radius 2 is 2.00 bits per heavy atom. The molecule has 1 aliphatic heterocycles. The van der Waals surface area contributed by atoms with Crippen LogP contribution in [0, 0.1) is 6.92 Å². The van der Waals surface area contributed by atoms with Crippen molar-refractivity contribution in [1.82, 2.24) is 10.2 Å². The molecule has 5 nitrogen and oxygen atoms in total. The second kappa shape index (κ2) is 7.46. The van der Waals surface area contributed by atoms with Crippen molar-refractivity contribution in [3.8, 4) is 0 Å². The quantitative estimate of drug-likeness (QED) is 0.882. The van der Waals surface area contributed by atoms with Crippen LogP contribution in [0.15, 0.2) is 24.3 Å². The summed E-state index contributed by atoms with van der Waals surface area (Å²) in [5.41, 5.74) is 7.99. The SMILES string of the molecule is Cc1cccc(C2(CNC(=O)[C@@H]3CCCN3C(N)=O)CCCCC2)c1. The summed E-state index contributed by atoms with van der Waals surface area (Å²) in [7, 11) is 0. The van der Waals surface area contributed by atoms with Gasteiger partial charge in [-0.25, -0.2) is 4.79 Å². The monoisotopic (exact) mass is 343 g/mol. The van der Waals surface area contributed by atoms with Gasteiger partial charge in [-0.05, 0) is 38.2 Å². The minimum atomic E-state index is -0.497. The molecule has 2 aliphatic rings. The molecule has 0 spiro atoms.